The van der Waals surface area contributed by atoms with Crippen LogP contribution < -0.4 is 0 Å². The van der Waals surface area contributed by atoms with Crippen LogP contribution >= 0.6 is 0 Å². The maximum absolute atomic E-state index is 10.5. The Morgan fingerprint density at radius 2 is 1.68 bits per heavy atom. The lowest BCUT2D eigenvalue weighted by Crippen LogP contribution is -2.36. The van der Waals surface area contributed by atoms with Gasteiger partial charge in [0.2, 0.25) is 0 Å². The Balaban J connectivity index is 2.01. The molecule has 1 aromatic carbocycles. The van der Waals surface area contributed by atoms with E-state index in [0.717, 1.165) is 31.2 Å². The summed E-state index contributed by atoms with van der Waals surface area (Å²) in [4.78, 5) is 0. The van der Waals surface area contributed by atoms with E-state index in [1.54, 1.807) is 0 Å². The van der Waals surface area contributed by atoms with Crippen molar-refractivity contribution in [3.05, 3.63) is 35.9 Å². The number of hydrogen-bond acceptors (Lipinski definition) is 1. The fourth-order valence-electron chi connectivity index (χ4n) is 2.80. The normalized spacial score (nSPS) is 27.5. The second-order valence-electron chi connectivity index (χ2n) is 6.79. The van der Waals surface area contributed by atoms with Crippen LogP contribution in [0.4, 0.5) is 0 Å². The second-order valence-corrected chi connectivity index (χ2v) is 6.79. The highest BCUT2D eigenvalue weighted by molar-refractivity contribution is 5.36. The Kier molecular flexibility index (Phi) is 4.02. The molecule has 2 rings (SSSR count). The SMILES string of the molecule is CC(C)(C)C1CCC(O)(C#Cc2ccccc2)CC1. The van der Waals surface area contributed by atoms with Crippen molar-refractivity contribution >= 4 is 0 Å². The van der Waals surface area contributed by atoms with Crippen LogP contribution in [0.5, 0.6) is 0 Å². The third kappa shape index (κ3) is 3.85. The third-order valence-electron chi connectivity index (χ3n) is 4.25. The first-order valence-electron chi connectivity index (χ1n) is 7.20. The Labute approximate surface area is 117 Å². The summed E-state index contributed by atoms with van der Waals surface area (Å²) in [6.45, 7) is 6.87. The molecule has 0 unspecified atom stereocenters. The highest BCUT2D eigenvalue weighted by Crippen LogP contribution is 2.41. The smallest absolute Gasteiger partial charge is 0.125 e. The maximum atomic E-state index is 10.5. The molecule has 1 nitrogen and oxygen atoms in total. The summed E-state index contributed by atoms with van der Waals surface area (Å²) in [6.07, 6.45) is 3.75. The molecule has 1 aromatic rings. The average molecular weight is 256 g/mol. The van der Waals surface area contributed by atoms with Crippen molar-refractivity contribution in [2.75, 3.05) is 0 Å². The summed E-state index contributed by atoms with van der Waals surface area (Å²) in [5, 5.41) is 10.5. The molecule has 0 bridgehead atoms. The summed E-state index contributed by atoms with van der Waals surface area (Å²) in [5.74, 6) is 6.90. The van der Waals surface area contributed by atoms with E-state index < -0.39 is 5.60 Å². The zero-order chi connectivity index (χ0) is 13.9. The van der Waals surface area contributed by atoms with Crippen LogP contribution in [0, 0.1) is 23.2 Å². The minimum atomic E-state index is -0.780. The van der Waals surface area contributed by atoms with E-state index in [0.29, 0.717) is 11.3 Å². The van der Waals surface area contributed by atoms with Gasteiger partial charge >= 0.3 is 0 Å². The molecule has 0 amide bonds. The summed E-state index contributed by atoms with van der Waals surface area (Å²) in [6, 6.07) is 9.90. The molecule has 1 aliphatic rings. The lowest BCUT2D eigenvalue weighted by molar-refractivity contribution is 0.0213. The number of benzene rings is 1. The van der Waals surface area contributed by atoms with Crippen LogP contribution in [0.25, 0.3) is 0 Å². The van der Waals surface area contributed by atoms with E-state index in [2.05, 4.69) is 32.6 Å². The zero-order valence-electron chi connectivity index (χ0n) is 12.2. The van der Waals surface area contributed by atoms with E-state index in [1.165, 1.54) is 0 Å². The van der Waals surface area contributed by atoms with E-state index >= 15 is 0 Å². The fraction of sp³-hybridized carbons (Fsp3) is 0.556. The molecule has 0 saturated heterocycles. The van der Waals surface area contributed by atoms with Gasteiger partial charge in [0.05, 0.1) is 0 Å². The lowest BCUT2D eigenvalue weighted by Gasteiger charge is -2.39. The van der Waals surface area contributed by atoms with Gasteiger partial charge in [0.25, 0.3) is 0 Å². The van der Waals surface area contributed by atoms with Crippen LogP contribution in [-0.2, 0) is 0 Å². The Morgan fingerprint density at radius 1 is 1.11 bits per heavy atom. The van der Waals surface area contributed by atoms with E-state index in [4.69, 9.17) is 0 Å². The molecule has 0 heterocycles. The number of hydrogen-bond donors (Lipinski definition) is 1. The predicted octanol–water partition coefficient (Wildman–Crippen LogP) is 4.01. The molecule has 0 aromatic heterocycles. The van der Waals surface area contributed by atoms with Crippen LogP contribution in [0.15, 0.2) is 30.3 Å². The van der Waals surface area contributed by atoms with Gasteiger partial charge in [0, 0.05) is 5.56 Å². The Hall–Kier alpha value is -1.26. The minimum Gasteiger partial charge on any atom is -0.378 e. The van der Waals surface area contributed by atoms with Gasteiger partial charge < -0.3 is 5.11 Å². The average Bonchev–Trinajstić information content (AvgIpc) is 2.37. The van der Waals surface area contributed by atoms with Crippen LogP contribution in [0.2, 0.25) is 0 Å². The van der Waals surface area contributed by atoms with Crippen molar-refractivity contribution < 1.29 is 5.11 Å². The van der Waals surface area contributed by atoms with Gasteiger partial charge in [-0.05, 0) is 49.1 Å². The number of aliphatic hydroxyl groups is 1. The standard InChI is InChI=1S/C18H24O/c1-17(2,3)16-10-13-18(19,14-11-16)12-9-15-7-5-4-6-8-15/h4-8,16,19H,10-11,13-14H2,1-3H3. The highest BCUT2D eigenvalue weighted by Gasteiger charge is 2.36. The molecule has 0 radical (unpaired) electrons. The summed E-state index contributed by atoms with van der Waals surface area (Å²) >= 11 is 0. The highest BCUT2D eigenvalue weighted by atomic mass is 16.3. The molecule has 0 spiro atoms. The van der Waals surface area contributed by atoms with Crippen molar-refractivity contribution in [1.29, 1.82) is 0 Å². The summed E-state index contributed by atoms with van der Waals surface area (Å²) in [7, 11) is 0. The van der Waals surface area contributed by atoms with E-state index in [1.807, 2.05) is 30.3 Å². The van der Waals surface area contributed by atoms with Crippen LogP contribution in [0.3, 0.4) is 0 Å². The third-order valence-corrected chi connectivity index (χ3v) is 4.25. The molecule has 19 heavy (non-hydrogen) atoms. The minimum absolute atomic E-state index is 0.341. The second kappa shape index (κ2) is 5.39. The lowest BCUT2D eigenvalue weighted by atomic mass is 9.68. The molecule has 1 fully saturated rings. The van der Waals surface area contributed by atoms with Gasteiger partial charge in [0.1, 0.15) is 5.60 Å². The van der Waals surface area contributed by atoms with Crippen LogP contribution in [-0.4, -0.2) is 10.7 Å². The van der Waals surface area contributed by atoms with E-state index in [9.17, 15) is 5.11 Å². The topological polar surface area (TPSA) is 20.2 Å². The molecule has 1 heteroatoms. The Bertz CT molecular complexity index is 462. The maximum Gasteiger partial charge on any atom is 0.125 e. The van der Waals surface area contributed by atoms with E-state index in [-0.39, 0.29) is 0 Å². The zero-order valence-corrected chi connectivity index (χ0v) is 12.2. The molecular weight excluding hydrogens is 232 g/mol. The van der Waals surface area contributed by atoms with Crippen molar-refractivity contribution in [3.8, 4) is 11.8 Å². The van der Waals surface area contributed by atoms with Gasteiger partial charge in [-0.15, -0.1) is 0 Å². The van der Waals surface area contributed by atoms with Gasteiger partial charge in [-0.2, -0.15) is 0 Å². The predicted molar refractivity (Wildman–Crippen MR) is 79.7 cm³/mol. The van der Waals surface area contributed by atoms with Gasteiger partial charge in [-0.25, -0.2) is 0 Å². The molecule has 0 atom stereocenters. The quantitative estimate of drug-likeness (QED) is 0.695. The molecular formula is C18H24O. The largest absolute Gasteiger partial charge is 0.378 e. The molecule has 1 aliphatic carbocycles. The first-order chi connectivity index (χ1) is 8.89. The van der Waals surface area contributed by atoms with Crippen molar-refractivity contribution in [1.82, 2.24) is 0 Å². The summed E-state index contributed by atoms with van der Waals surface area (Å²) < 4.78 is 0. The molecule has 0 aliphatic heterocycles. The van der Waals surface area contributed by atoms with Crippen molar-refractivity contribution in [2.24, 2.45) is 11.3 Å². The molecule has 102 valence electrons. The fourth-order valence-corrected chi connectivity index (χ4v) is 2.80. The Morgan fingerprint density at radius 3 is 2.21 bits per heavy atom. The van der Waals surface area contributed by atoms with Gasteiger partial charge in [0.15, 0.2) is 0 Å². The van der Waals surface area contributed by atoms with Gasteiger partial charge in [-0.1, -0.05) is 50.8 Å². The number of rotatable bonds is 0. The molecule has 1 saturated carbocycles. The van der Waals surface area contributed by atoms with Gasteiger partial charge in [-0.3, -0.25) is 0 Å². The summed E-state index contributed by atoms with van der Waals surface area (Å²) in [5.41, 5.74) is 0.542. The van der Waals surface area contributed by atoms with Crippen LogP contribution in [0.1, 0.15) is 52.0 Å². The first kappa shape index (κ1) is 14.2. The van der Waals surface area contributed by atoms with Crippen molar-refractivity contribution in [3.63, 3.8) is 0 Å². The first-order valence-corrected chi connectivity index (χ1v) is 7.20. The van der Waals surface area contributed by atoms with Crippen molar-refractivity contribution in [2.45, 2.75) is 52.1 Å². The molecule has 1 N–H and O–H groups in total. The monoisotopic (exact) mass is 256 g/mol.